The van der Waals surface area contributed by atoms with Crippen molar-refractivity contribution >= 4 is 23.2 Å². The molecule has 7 nitrogen and oxygen atoms in total. The first-order chi connectivity index (χ1) is 14.9. The first-order valence-electron chi connectivity index (χ1n) is 9.93. The molecule has 1 aliphatic heterocycles. The van der Waals surface area contributed by atoms with Crippen LogP contribution in [0.4, 0.5) is 10.1 Å². The number of hydrogen-bond acceptors (Lipinski definition) is 5. The highest BCUT2D eigenvalue weighted by Crippen LogP contribution is 2.24. The van der Waals surface area contributed by atoms with Gasteiger partial charge in [0.15, 0.2) is 0 Å². The third-order valence-corrected chi connectivity index (χ3v) is 5.67. The van der Waals surface area contributed by atoms with Crippen LogP contribution in [0.1, 0.15) is 13.0 Å². The highest BCUT2D eigenvalue weighted by molar-refractivity contribution is 6.31. The Morgan fingerprint density at radius 2 is 1.77 bits per heavy atom. The van der Waals surface area contributed by atoms with Crippen molar-refractivity contribution in [1.29, 1.82) is 0 Å². The number of benzene rings is 1. The van der Waals surface area contributed by atoms with Gasteiger partial charge in [0, 0.05) is 55.9 Å². The fourth-order valence-corrected chi connectivity index (χ4v) is 3.79. The number of pyridine rings is 1. The maximum atomic E-state index is 13.4. The van der Waals surface area contributed by atoms with E-state index in [4.69, 9.17) is 11.6 Å². The summed E-state index contributed by atoms with van der Waals surface area (Å²) in [7, 11) is 0. The molecule has 3 heterocycles. The van der Waals surface area contributed by atoms with Crippen LogP contribution in [0.2, 0.25) is 5.02 Å². The van der Waals surface area contributed by atoms with Crippen molar-refractivity contribution < 1.29 is 9.18 Å². The highest BCUT2D eigenvalue weighted by atomic mass is 35.5. The zero-order valence-electron chi connectivity index (χ0n) is 16.9. The first kappa shape index (κ1) is 21.0. The van der Waals surface area contributed by atoms with Crippen LogP contribution < -0.4 is 10.5 Å². The predicted molar refractivity (Wildman–Crippen MR) is 117 cm³/mol. The molecule has 3 aromatic rings. The van der Waals surface area contributed by atoms with Crippen molar-refractivity contribution in [3.05, 3.63) is 76.1 Å². The van der Waals surface area contributed by atoms with Gasteiger partial charge in [-0.3, -0.25) is 14.6 Å². The predicted octanol–water partition coefficient (Wildman–Crippen LogP) is 3.01. The maximum Gasteiger partial charge on any atom is 0.267 e. The van der Waals surface area contributed by atoms with Gasteiger partial charge in [-0.2, -0.15) is 5.10 Å². The van der Waals surface area contributed by atoms with E-state index >= 15 is 0 Å². The standard InChI is InChI=1S/C22H21ClFN5O2/c1-15(29-21(30)5-4-20(26-29)16-6-8-25-9-7-16)22(31)28-12-10-27(11-13-28)17-2-3-19(24)18(23)14-17/h2-9,14-15H,10-13H2,1H3. The van der Waals surface area contributed by atoms with E-state index in [1.165, 1.54) is 16.8 Å². The number of piperazine rings is 1. The summed E-state index contributed by atoms with van der Waals surface area (Å²) in [6, 6.07) is 10.5. The van der Waals surface area contributed by atoms with Gasteiger partial charge in [-0.05, 0) is 43.3 Å². The summed E-state index contributed by atoms with van der Waals surface area (Å²) in [6.07, 6.45) is 3.30. The van der Waals surface area contributed by atoms with Gasteiger partial charge in [0.1, 0.15) is 11.9 Å². The Hall–Kier alpha value is -3.26. The molecule has 0 N–H and O–H groups in total. The number of aromatic nitrogens is 3. The molecule has 9 heteroatoms. The number of anilines is 1. The minimum atomic E-state index is -0.735. The number of carbonyl (C=O) groups excluding carboxylic acids is 1. The normalized spacial score (nSPS) is 15.1. The molecule has 1 saturated heterocycles. The number of nitrogens with zero attached hydrogens (tertiary/aromatic N) is 5. The van der Waals surface area contributed by atoms with Crippen LogP contribution in [0.25, 0.3) is 11.3 Å². The van der Waals surface area contributed by atoms with Crippen LogP contribution in [0, 0.1) is 5.82 Å². The minimum absolute atomic E-state index is 0.0733. The van der Waals surface area contributed by atoms with E-state index in [-0.39, 0.29) is 16.5 Å². The second-order valence-corrected chi connectivity index (χ2v) is 7.73. The van der Waals surface area contributed by atoms with Crippen LogP contribution in [0.5, 0.6) is 0 Å². The second-order valence-electron chi connectivity index (χ2n) is 7.32. The Morgan fingerprint density at radius 3 is 2.45 bits per heavy atom. The Kier molecular flexibility index (Phi) is 5.99. The zero-order chi connectivity index (χ0) is 22.0. The summed E-state index contributed by atoms with van der Waals surface area (Å²) in [5, 5.41) is 4.48. The monoisotopic (exact) mass is 441 g/mol. The molecule has 0 bridgehead atoms. The summed E-state index contributed by atoms with van der Waals surface area (Å²) < 4.78 is 14.6. The molecule has 1 atom stereocenters. The Morgan fingerprint density at radius 1 is 1.06 bits per heavy atom. The molecule has 160 valence electrons. The average Bonchev–Trinajstić information content (AvgIpc) is 2.81. The lowest BCUT2D eigenvalue weighted by atomic mass is 10.2. The van der Waals surface area contributed by atoms with Gasteiger partial charge in [-0.1, -0.05) is 11.6 Å². The van der Waals surface area contributed by atoms with Crippen LogP contribution in [0.15, 0.2) is 59.7 Å². The van der Waals surface area contributed by atoms with E-state index in [9.17, 15) is 14.0 Å². The van der Waals surface area contributed by atoms with Crippen LogP contribution in [0.3, 0.4) is 0 Å². The van der Waals surface area contributed by atoms with Crippen molar-refractivity contribution in [1.82, 2.24) is 19.7 Å². The molecule has 0 aliphatic carbocycles. The smallest absolute Gasteiger partial charge is 0.267 e. The summed E-state index contributed by atoms with van der Waals surface area (Å²) >= 11 is 5.88. The summed E-state index contributed by atoms with van der Waals surface area (Å²) in [5.41, 5.74) is 1.89. The molecule has 0 spiro atoms. The Balaban J connectivity index is 1.47. The molecule has 0 radical (unpaired) electrons. The Labute approximate surface area is 183 Å². The number of amides is 1. The molecule has 1 aliphatic rings. The van der Waals surface area contributed by atoms with E-state index in [1.54, 1.807) is 54.5 Å². The highest BCUT2D eigenvalue weighted by Gasteiger charge is 2.27. The maximum absolute atomic E-state index is 13.4. The van der Waals surface area contributed by atoms with Crippen molar-refractivity contribution in [2.75, 3.05) is 31.1 Å². The summed E-state index contributed by atoms with van der Waals surface area (Å²) in [4.78, 5) is 33.2. The third-order valence-electron chi connectivity index (χ3n) is 5.39. The molecule has 31 heavy (non-hydrogen) atoms. The van der Waals surface area contributed by atoms with Crippen LogP contribution in [-0.4, -0.2) is 51.8 Å². The first-order valence-corrected chi connectivity index (χ1v) is 10.3. The Bertz CT molecular complexity index is 1150. The number of hydrogen-bond donors (Lipinski definition) is 0. The molecule has 2 aromatic heterocycles. The van der Waals surface area contributed by atoms with Gasteiger partial charge in [0.25, 0.3) is 5.56 Å². The summed E-state index contributed by atoms with van der Waals surface area (Å²) in [6.45, 7) is 3.81. The number of rotatable bonds is 4. The molecule has 1 aromatic carbocycles. The van der Waals surface area contributed by atoms with Gasteiger partial charge in [-0.15, -0.1) is 0 Å². The van der Waals surface area contributed by atoms with E-state index < -0.39 is 11.9 Å². The lowest BCUT2D eigenvalue weighted by Crippen LogP contribution is -2.51. The fourth-order valence-electron chi connectivity index (χ4n) is 3.61. The largest absolute Gasteiger partial charge is 0.368 e. The van der Waals surface area contributed by atoms with E-state index in [1.807, 2.05) is 4.90 Å². The lowest BCUT2D eigenvalue weighted by Gasteiger charge is -2.37. The molecular formula is C22H21ClFN5O2. The third kappa shape index (κ3) is 4.44. The summed E-state index contributed by atoms with van der Waals surface area (Å²) in [5.74, 6) is -0.627. The van der Waals surface area contributed by atoms with E-state index in [2.05, 4.69) is 10.1 Å². The topological polar surface area (TPSA) is 71.3 Å². The van der Waals surface area contributed by atoms with Crippen molar-refractivity contribution in [3.8, 4) is 11.3 Å². The van der Waals surface area contributed by atoms with Crippen LogP contribution in [-0.2, 0) is 4.79 Å². The van der Waals surface area contributed by atoms with Gasteiger partial charge in [0.05, 0.1) is 10.7 Å². The van der Waals surface area contributed by atoms with Gasteiger partial charge in [-0.25, -0.2) is 9.07 Å². The zero-order valence-corrected chi connectivity index (χ0v) is 17.7. The fraction of sp³-hybridized carbons (Fsp3) is 0.273. The molecule has 1 amide bonds. The van der Waals surface area contributed by atoms with Crippen molar-refractivity contribution in [2.24, 2.45) is 0 Å². The quantitative estimate of drug-likeness (QED) is 0.622. The molecular weight excluding hydrogens is 421 g/mol. The minimum Gasteiger partial charge on any atom is -0.368 e. The van der Waals surface area contributed by atoms with Gasteiger partial charge in [0.2, 0.25) is 5.91 Å². The van der Waals surface area contributed by atoms with Crippen molar-refractivity contribution in [2.45, 2.75) is 13.0 Å². The number of carbonyl (C=O) groups is 1. The average molecular weight is 442 g/mol. The van der Waals surface area contributed by atoms with Gasteiger partial charge >= 0.3 is 0 Å². The van der Waals surface area contributed by atoms with Crippen molar-refractivity contribution in [3.63, 3.8) is 0 Å². The van der Waals surface area contributed by atoms with Crippen LogP contribution >= 0.6 is 11.6 Å². The lowest BCUT2D eigenvalue weighted by molar-refractivity contribution is -0.135. The molecule has 0 saturated carbocycles. The molecule has 4 rings (SSSR count). The van der Waals surface area contributed by atoms with E-state index in [0.29, 0.717) is 31.9 Å². The SMILES string of the molecule is CC(C(=O)N1CCN(c2ccc(F)c(Cl)c2)CC1)n1nc(-c2ccncc2)ccc1=O. The molecule has 1 fully saturated rings. The number of halogens is 2. The van der Waals surface area contributed by atoms with Gasteiger partial charge < -0.3 is 9.80 Å². The molecule has 1 unspecified atom stereocenters. The second kappa shape index (κ2) is 8.85. The van der Waals surface area contributed by atoms with E-state index in [0.717, 1.165) is 11.3 Å².